The van der Waals surface area contributed by atoms with Gasteiger partial charge in [-0.25, -0.2) is 9.97 Å². The van der Waals surface area contributed by atoms with Crippen molar-refractivity contribution in [2.45, 2.75) is 13.1 Å². The third-order valence-corrected chi connectivity index (χ3v) is 4.08. The summed E-state index contributed by atoms with van der Waals surface area (Å²) in [5, 5.41) is 1.39. The van der Waals surface area contributed by atoms with Gasteiger partial charge in [0, 0.05) is 22.5 Å². The van der Waals surface area contributed by atoms with E-state index in [-0.39, 0.29) is 5.95 Å². The molecule has 27 heavy (non-hydrogen) atoms. The highest BCUT2D eigenvalue weighted by atomic mass is 35.5. The van der Waals surface area contributed by atoms with Crippen LogP contribution in [0.15, 0.2) is 64.6 Å². The number of nitrogen functional groups attached to an aromatic ring is 1. The highest BCUT2D eigenvalue weighted by Crippen LogP contribution is 2.10. The molecule has 0 spiro atoms. The first-order valence-corrected chi connectivity index (χ1v) is 8.97. The zero-order valence-corrected chi connectivity index (χ0v) is 15.9. The molecule has 0 aliphatic carbocycles. The van der Waals surface area contributed by atoms with E-state index < -0.39 is 0 Å². The minimum atomic E-state index is 0.214. The second kappa shape index (κ2) is 9.26. The van der Waals surface area contributed by atoms with Crippen LogP contribution >= 0.6 is 23.2 Å². The van der Waals surface area contributed by atoms with Gasteiger partial charge in [-0.1, -0.05) is 47.5 Å². The van der Waals surface area contributed by atoms with Crippen LogP contribution in [-0.4, -0.2) is 22.4 Å². The molecule has 0 aliphatic rings. The van der Waals surface area contributed by atoms with Crippen molar-refractivity contribution in [3.8, 4) is 0 Å². The molecule has 3 aromatic rings. The Morgan fingerprint density at radius 3 is 1.56 bits per heavy atom. The standard InChI is InChI=1S/C20H17Cl2N5/c21-16-5-1-14(2-6-16)10-24-12-18-9-19(27-20(23)26-18)13-25-11-15-3-7-17(22)8-4-15/h1-11H,12-13H2,(H2,23,26,27). The number of nitrogens with two attached hydrogens (primary N) is 1. The topological polar surface area (TPSA) is 76.5 Å². The normalized spacial score (nSPS) is 11.5. The van der Waals surface area contributed by atoms with Crippen molar-refractivity contribution in [1.29, 1.82) is 0 Å². The Kier molecular flexibility index (Phi) is 6.52. The van der Waals surface area contributed by atoms with Crippen LogP contribution in [0.5, 0.6) is 0 Å². The van der Waals surface area contributed by atoms with Gasteiger partial charge in [0.1, 0.15) is 0 Å². The number of halogens is 2. The van der Waals surface area contributed by atoms with Gasteiger partial charge in [0.05, 0.1) is 24.5 Å². The Labute approximate surface area is 167 Å². The summed E-state index contributed by atoms with van der Waals surface area (Å²) in [7, 11) is 0. The monoisotopic (exact) mass is 397 g/mol. The lowest BCUT2D eigenvalue weighted by Crippen LogP contribution is -2.02. The van der Waals surface area contributed by atoms with Gasteiger partial charge in [-0.2, -0.15) is 0 Å². The molecule has 0 fully saturated rings. The van der Waals surface area contributed by atoms with Gasteiger partial charge in [-0.3, -0.25) is 9.98 Å². The predicted octanol–water partition coefficient (Wildman–Crippen LogP) is 4.60. The van der Waals surface area contributed by atoms with Crippen LogP contribution in [0.1, 0.15) is 22.5 Å². The third-order valence-electron chi connectivity index (χ3n) is 3.58. The summed E-state index contributed by atoms with van der Waals surface area (Å²) in [6.07, 6.45) is 3.54. The number of anilines is 1. The fraction of sp³-hybridized carbons (Fsp3) is 0.100. The molecular weight excluding hydrogens is 381 g/mol. The summed E-state index contributed by atoms with van der Waals surface area (Å²) in [6.45, 7) is 0.812. The van der Waals surface area contributed by atoms with Gasteiger partial charge in [-0.15, -0.1) is 0 Å². The minimum absolute atomic E-state index is 0.214. The molecule has 0 saturated carbocycles. The molecule has 0 atom stereocenters. The molecule has 7 heteroatoms. The Balaban J connectivity index is 1.63. The van der Waals surface area contributed by atoms with Gasteiger partial charge in [0.25, 0.3) is 0 Å². The molecule has 0 radical (unpaired) electrons. The fourth-order valence-corrected chi connectivity index (χ4v) is 2.58. The maximum absolute atomic E-state index is 5.87. The highest BCUT2D eigenvalue weighted by Gasteiger charge is 2.01. The maximum Gasteiger partial charge on any atom is 0.220 e. The third kappa shape index (κ3) is 6.16. The molecule has 136 valence electrons. The van der Waals surface area contributed by atoms with E-state index in [1.807, 2.05) is 54.6 Å². The van der Waals surface area contributed by atoms with Gasteiger partial charge in [0.15, 0.2) is 0 Å². The summed E-state index contributed by atoms with van der Waals surface area (Å²) in [5.41, 5.74) is 9.22. The Morgan fingerprint density at radius 1 is 0.741 bits per heavy atom. The number of aromatic nitrogens is 2. The van der Waals surface area contributed by atoms with Gasteiger partial charge < -0.3 is 5.73 Å². The van der Waals surface area contributed by atoms with Crippen LogP contribution in [0.25, 0.3) is 0 Å². The van der Waals surface area contributed by atoms with E-state index in [4.69, 9.17) is 28.9 Å². The van der Waals surface area contributed by atoms with Crippen molar-refractivity contribution in [1.82, 2.24) is 9.97 Å². The van der Waals surface area contributed by atoms with Crippen LogP contribution in [-0.2, 0) is 13.1 Å². The molecule has 0 amide bonds. The smallest absolute Gasteiger partial charge is 0.220 e. The molecule has 5 nitrogen and oxygen atoms in total. The average molecular weight is 398 g/mol. The van der Waals surface area contributed by atoms with Crippen molar-refractivity contribution in [3.63, 3.8) is 0 Å². The lowest BCUT2D eigenvalue weighted by Gasteiger charge is -2.02. The lowest BCUT2D eigenvalue weighted by atomic mass is 10.2. The molecule has 1 aromatic heterocycles. The second-order valence-corrected chi connectivity index (χ2v) is 6.62. The number of nitrogens with zero attached hydrogens (tertiary/aromatic N) is 4. The molecule has 2 aromatic carbocycles. The van der Waals surface area contributed by atoms with Crippen molar-refractivity contribution in [3.05, 3.63) is 87.2 Å². The lowest BCUT2D eigenvalue weighted by molar-refractivity contribution is 0.918. The van der Waals surface area contributed by atoms with Gasteiger partial charge in [0.2, 0.25) is 5.95 Å². The Bertz CT molecular complexity index is 875. The first-order valence-electron chi connectivity index (χ1n) is 8.21. The SMILES string of the molecule is Nc1nc(CN=Cc2ccc(Cl)cc2)cc(CN=Cc2ccc(Cl)cc2)n1. The summed E-state index contributed by atoms with van der Waals surface area (Å²) in [4.78, 5) is 17.2. The van der Waals surface area contributed by atoms with Crippen LogP contribution < -0.4 is 5.73 Å². The van der Waals surface area contributed by atoms with E-state index in [9.17, 15) is 0 Å². The largest absolute Gasteiger partial charge is 0.368 e. The van der Waals surface area contributed by atoms with Crippen LogP contribution in [0.3, 0.4) is 0 Å². The molecule has 0 unspecified atom stereocenters. The summed E-state index contributed by atoms with van der Waals surface area (Å²) in [5.74, 6) is 0.214. The maximum atomic E-state index is 5.87. The fourth-order valence-electron chi connectivity index (χ4n) is 2.32. The van der Waals surface area contributed by atoms with E-state index in [0.29, 0.717) is 23.1 Å². The Hall–Kier alpha value is -2.76. The first-order chi connectivity index (χ1) is 13.1. The number of aliphatic imine (C=N–C) groups is 2. The molecule has 2 N–H and O–H groups in total. The molecule has 3 rings (SSSR count). The van der Waals surface area contributed by atoms with E-state index in [1.54, 1.807) is 12.4 Å². The van der Waals surface area contributed by atoms with Gasteiger partial charge >= 0.3 is 0 Å². The van der Waals surface area contributed by atoms with E-state index in [0.717, 1.165) is 22.5 Å². The van der Waals surface area contributed by atoms with Crippen LogP contribution in [0, 0.1) is 0 Å². The molecule has 0 aliphatic heterocycles. The second-order valence-electron chi connectivity index (χ2n) is 5.75. The average Bonchev–Trinajstić information content (AvgIpc) is 2.65. The summed E-state index contributed by atoms with van der Waals surface area (Å²) >= 11 is 11.7. The quantitative estimate of drug-likeness (QED) is 0.617. The van der Waals surface area contributed by atoms with Crippen molar-refractivity contribution in [2.24, 2.45) is 9.98 Å². The minimum Gasteiger partial charge on any atom is -0.368 e. The highest BCUT2D eigenvalue weighted by molar-refractivity contribution is 6.30. The van der Waals surface area contributed by atoms with E-state index in [1.165, 1.54) is 0 Å². The van der Waals surface area contributed by atoms with E-state index in [2.05, 4.69) is 20.0 Å². The van der Waals surface area contributed by atoms with Crippen molar-refractivity contribution >= 4 is 41.6 Å². The van der Waals surface area contributed by atoms with Crippen molar-refractivity contribution in [2.75, 3.05) is 5.73 Å². The zero-order valence-electron chi connectivity index (χ0n) is 14.4. The van der Waals surface area contributed by atoms with Crippen molar-refractivity contribution < 1.29 is 0 Å². The molecule has 0 saturated heterocycles. The number of hydrogen-bond acceptors (Lipinski definition) is 5. The van der Waals surface area contributed by atoms with Gasteiger partial charge in [-0.05, 0) is 41.5 Å². The summed E-state index contributed by atoms with van der Waals surface area (Å²) in [6, 6.07) is 16.7. The Morgan fingerprint density at radius 2 is 1.15 bits per heavy atom. The zero-order chi connectivity index (χ0) is 19.1. The summed E-state index contributed by atoms with van der Waals surface area (Å²) < 4.78 is 0. The van der Waals surface area contributed by atoms with E-state index >= 15 is 0 Å². The molecule has 0 bridgehead atoms. The molecular formula is C20H17Cl2N5. The van der Waals surface area contributed by atoms with Crippen LogP contribution in [0.4, 0.5) is 5.95 Å². The first kappa shape index (κ1) is 19.0. The predicted molar refractivity (Wildman–Crippen MR) is 112 cm³/mol. The molecule has 1 heterocycles. The van der Waals surface area contributed by atoms with Crippen LogP contribution in [0.2, 0.25) is 10.0 Å². The number of benzene rings is 2. The number of rotatable bonds is 6. The number of hydrogen-bond donors (Lipinski definition) is 1.